The van der Waals surface area contributed by atoms with E-state index in [0.717, 1.165) is 18.4 Å². The van der Waals surface area contributed by atoms with Gasteiger partial charge in [-0.2, -0.15) is 0 Å². The molecule has 0 unspecified atom stereocenters. The third-order valence-electron chi connectivity index (χ3n) is 3.88. The number of hydrogen-bond acceptors (Lipinski definition) is 3. The number of amides is 1. The third-order valence-corrected chi connectivity index (χ3v) is 3.88. The van der Waals surface area contributed by atoms with Crippen molar-refractivity contribution in [1.29, 1.82) is 0 Å². The van der Waals surface area contributed by atoms with Crippen LogP contribution in [0.2, 0.25) is 0 Å². The second-order valence-electron chi connectivity index (χ2n) is 6.03. The Morgan fingerprint density at radius 3 is 2.36 bits per heavy atom. The Bertz CT molecular complexity index is 517. The molecule has 1 N–H and O–H groups in total. The molecule has 1 aromatic carbocycles. The van der Waals surface area contributed by atoms with Crippen molar-refractivity contribution in [2.75, 3.05) is 0 Å². The SMILES string of the molecule is CCCCCCCCC=CC(=O)N[C@@H](Cc1ccccc1)C(=O)[O-].[Na+]. The Morgan fingerprint density at radius 2 is 1.72 bits per heavy atom. The standard InChI is InChI=1S/C20H29NO3.Na/c1-2-3-4-5-6-7-8-12-15-19(22)21-18(20(23)24)16-17-13-10-9-11-14-17;/h9-15,18H,2-8,16H2,1H3,(H,21,22)(H,23,24);/q;+1/p-1/t18-;/m0./s1. The van der Waals surface area contributed by atoms with Crippen LogP contribution in [0.1, 0.15) is 57.4 Å². The molecule has 0 heterocycles. The zero-order valence-corrected chi connectivity index (χ0v) is 17.5. The second-order valence-corrected chi connectivity index (χ2v) is 6.03. The molecule has 0 saturated heterocycles. The van der Waals surface area contributed by atoms with Crippen molar-refractivity contribution in [2.45, 2.75) is 64.3 Å². The summed E-state index contributed by atoms with van der Waals surface area (Å²) in [5.41, 5.74) is 0.850. The van der Waals surface area contributed by atoms with Crippen LogP contribution in [0.4, 0.5) is 0 Å². The van der Waals surface area contributed by atoms with E-state index in [9.17, 15) is 14.7 Å². The largest absolute Gasteiger partial charge is 1.00 e. The van der Waals surface area contributed by atoms with E-state index in [1.54, 1.807) is 0 Å². The van der Waals surface area contributed by atoms with Gasteiger partial charge in [0.15, 0.2) is 0 Å². The number of benzene rings is 1. The summed E-state index contributed by atoms with van der Waals surface area (Å²) >= 11 is 0. The first-order valence-electron chi connectivity index (χ1n) is 8.85. The van der Waals surface area contributed by atoms with Crippen LogP contribution in [0.5, 0.6) is 0 Å². The Labute approximate surface area is 173 Å². The quantitative estimate of drug-likeness (QED) is 0.321. The number of carboxylic acid groups (broad SMARTS) is 1. The maximum Gasteiger partial charge on any atom is 1.00 e. The third kappa shape index (κ3) is 12.0. The monoisotopic (exact) mass is 353 g/mol. The van der Waals surface area contributed by atoms with E-state index >= 15 is 0 Å². The number of allylic oxidation sites excluding steroid dienone is 1. The molecule has 1 atom stereocenters. The first-order valence-corrected chi connectivity index (χ1v) is 8.85. The molecule has 25 heavy (non-hydrogen) atoms. The van der Waals surface area contributed by atoms with Crippen molar-refractivity contribution in [3.8, 4) is 0 Å². The molecule has 4 nitrogen and oxygen atoms in total. The van der Waals surface area contributed by atoms with Gasteiger partial charge in [-0.15, -0.1) is 0 Å². The van der Waals surface area contributed by atoms with E-state index < -0.39 is 12.0 Å². The summed E-state index contributed by atoms with van der Waals surface area (Å²) in [7, 11) is 0. The van der Waals surface area contributed by atoms with Crippen molar-refractivity contribution in [3.63, 3.8) is 0 Å². The maximum atomic E-state index is 11.8. The van der Waals surface area contributed by atoms with Crippen molar-refractivity contribution in [3.05, 3.63) is 48.0 Å². The molecule has 0 saturated carbocycles. The number of rotatable bonds is 12. The predicted molar refractivity (Wildman–Crippen MR) is 94.2 cm³/mol. The summed E-state index contributed by atoms with van der Waals surface area (Å²) < 4.78 is 0. The van der Waals surface area contributed by atoms with Gasteiger partial charge in [-0.05, 0) is 30.9 Å². The predicted octanol–water partition coefficient (Wildman–Crippen LogP) is -0.225. The zero-order chi connectivity index (χ0) is 17.6. The molecule has 0 aliphatic rings. The average molecular weight is 353 g/mol. The van der Waals surface area contributed by atoms with Gasteiger partial charge < -0.3 is 15.2 Å². The van der Waals surface area contributed by atoms with E-state index in [1.807, 2.05) is 36.4 Å². The summed E-state index contributed by atoms with van der Waals surface area (Å²) in [4.78, 5) is 23.0. The smallest absolute Gasteiger partial charge is 0.548 e. The molecule has 1 amide bonds. The van der Waals surface area contributed by atoms with Crippen LogP contribution in [0, 0.1) is 0 Å². The van der Waals surface area contributed by atoms with Gasteiger partial charge in [0.25, 0.3) is 0 Å². The Kier molecular flexibility index (Phi) is 14.5. The van der Waals surface area contributed by atoms with E-state index in [0.29, 0.717) is 0 Å². The fourth-order valence-corrected chi connectivity index (χ4v) is 2.50. The first kappa shape index (κ1) is 23.9. The van der Waals surface area contributed by atoms with Gasteiger partial charge in [-0.3, -0.25) is 4.79 Å². The van der Waals surface area contributed by atoms with E-state index in [-0.39, 0.29) is 41.9 Å². The zero-order valence-electron chi connectivity index (χ0n) is 15.5. The van der Waals surface area contributed by atoms with Gasteiger partial charge in [-0.25, -0.2) is 0 Å². The molecule has 0 radical (unpaired) electrons. The summed E-state index contributed by atoms with van der Waals surface area (Å²) in [6, 6.07) is 8.18. The van der Waals surface area contributed by atoms with Crippen LogP contribution in [-0.2, 0) is 16.0 Å². The first-order chi connectivity index (χ1) is 11.6. The fourth-order valence-electron chi connectivity index (χ4n) is 2.50. The van der Waals surface area contributed by atoms with Gasteiger partial charge in [0.1, 0.15) is 0 Å². The summed E-state index contributed by atoms with van der Waals surface area (Å²) in [6.45, 7) is 2.19. The van der Waals surface area contributed by atoms with Crippen LogP contribution in [-0.4, -0.2) is 17.9 Å². The van der Waals surface area contributed by atoms with Crippen molar-refractivity contribution in [2.24, 2.45) is 0 Å². The Hall–Kier alpha value is -1.10. The molecule has 1 rings (SSSR count). The molecule has 0 aliphatic heterocycles. The van der Waals surface area contributed by atoms with Crippen LogP contribution in [0.15, 0.2) is 42.5 Å². The van der Waals surface area contributed by atoms with E-state index in [1.165, 1.54) is 38.2 Å². The molecule has 1 aromatic rings. The summed E-state index contributed by atoms with van der Waals surface area (Å²) in [5.74, 6) is -1.65. The molecule has 0 fully saturated rings. The number of nitrogens with one attached hydrogen (secondary N) is 1. The minimum Gasteiger partial charge on any atom is -0.548 e. The van der Waals surface area contributed by atoms with E-state index in [2.05, 4.69) is 12.2 Å². The minimum atomic E-state index is -1.27. The van der Waals surface area contributed by atoms with Crippen molar-refractivity contribution >= 4 is 11.9 Å². The van der Waals surface area contributed by atoms with Gasteiger partial charge >= 0.3 is 29.6 Å². The van der Waals surface area contributed by atoms with E-state index in [4.69, 9.17) is 0 Å². The molecule has 0 bridgehead atoms. The maximum absolute atomic E-state index is 11.8. The van der Waals surface area contributed by atoms with Gasteiger partial charge in [-0.1, -0.05) is 75.4 Å². The number of carboxylic acids is 1. The van der Waals surface area contributed by atoms with Crippen molar-refractivity contribution < 1.29 is 44.3 Å². The Morgan fingerprint density at radius 1 is 1.08 bits per heavy atom. The number of carbonyl (C=O) groups is 2. The molecule has 132 valence electrons. The van der Waals surface area contributed by atoms with Crippen LogP contribution in [0.3, 0.4) is 0 Å². The number of hydrogen-bond donors (Lipinski definition) is 1. The summed E-state index contributed by atoms with van der Waals surface area (Å²) in [6.07, 6.45) is 11.5. The van der Waals surface area contributed by atoms with Crippen LogP contribution >= 0.6 is 0 Å². The van der Waals surface area contributed by atoms with Gasteiger partial charge in [0.2, 0.25) is 5.91 Å². The molecule has 0 aromatic heterocycles. The number of unbranched alkanes of at least 4 members (excludes halogenated alkanes) is 6. The molecule has 0 spiro atoms. The van der Waals surface area contributed by atoms with Crippen molar-refractivity contribution in [1.82, 2.24) is 5.32 Å². The molecular weight excluding hydrogens is 325 g/mol. The number of carbonyl (C=O) groups excluding carboxylic acids is 2. The van der Waals surface area contributed by atoms with Crippen LogP contribution < -0.4 is 40.0 Å². The van der Waals surface area contributed by atoms with Gasteiger partial charge in [0.05, 0.1) is 12.0 Å². The van der Waals surface area contributed by atoms with Crippen LogP contribution in [0.25, 0.3) is 0 Å². The summed E-state index contributed by atoms with van der Waals surface area (Å²) in [5, 5.41) is 13.7. The second kappa shape index (κ2) is 15.2. The topological polar surface area (TPSA) is 69.2 Å². The molecular formula is C20H28NNaO3. The number of aliphatic carboxylic acids is 1. The average Bonchev–Trinajstić information content (AvgIpc) is 2.57. The van der Waals surface area contributed by atoms with Gasteiger partial charge in [0, 0.05) is 0 Å². The minimum absolute atomic E-state index is 0. The normalized spacial score (nSPS) is 11.7. The molecule has 0 aliphatic carbocycles. The fraction of sp³-hybridized carbons (Fsp3) is 0.500. The molecule has 5 heteroatoms. The Balaban J connectivity index is 0.00000576.